The summed E-state index contributed by atoms with van der Waals surface area (Å²) in [5.74, 6) is 0.614. The molecule has 0 spiro atoms. The van der Waals surface area contributed by atoms with Gasteiger partial charge in [0.05, 0.1) is 11.0 Å². The molecule has 2 aromatic heterocycles. The zero-order valence-corrected chi connectivity index (χ0v) is 9.38. The number of hydrogen-bond acceptors (Lipinski definition) is 5. The van der Waals surface area contributed by atoms with Gasteiger partial charge in [-0.25, -0.2) is 9.37 Å². The summed E-state index contributed by atoms with van der Waals surface area (Å²) in [6.07, 6.45) is 1.85. The maximum atomic E-state index is 13.1. The molecule has 0 atom stereocenters. The van der Waals surface area contributed by atoms with Gasteiger partial charge in [0, 0.05) is 19.0 Å². The number of benzene rings is 1. The maximum Gasteiger partial charge on any atom is 0.213 e. The highest BCUT2D eigenvalue weighted by atomic mass is 19.1. The van der Waals surface area contributed by atoms with E-state index < -0.39 is 0 Å². The number of imidazole rings is 1. The van der Waals surface area contributed by atoms with Gasteiger partial charge in [0.2, 0.25) is 12.3 Å². The van der Waals surface area contributed by atoms with Gasteiger partial charge in [0.1, 0.15) is 5.82 Å². The van der Waals surface area contributed by atoms with Crippen LogP contribution in [-0.2, 0) is 13.0 Å². The van der Waals surface area contributed by atoms with Crippen molar-refractivity contribution < 1.29 is 8.91 Å². The number of aromatic nitrogens is 4. The Labute approximate surface area is 101 Å². The van der Waals surface area contributed by atoms with E-state index in [1.807, 2.05) is 0 Å². The van der Waals surface area contributed by atoms with E-state index in [0.29, 0.717) is 30.3 Å². The molecule has 0 bridgehead atoms. The summed E-state index contributed by atoms with van der Waals surface area (Å²) in [7, 11) is 0. The zero-order valence-electron chi connectivity index (χ0n) is 9.38. The lowest BCUT2D eigenvalue weighted by Gasteiger charge is -2.03. The van der Waals surface area contributed by atoms with E-state index in [2.05, 4.69) is 19.6 Å². The van der Waals surface area contributed by atoms with E-state index in [9.17, 15) is 4.39 Å². The second kappa shape index (κ2) is 4.10. The second-order valence-corrected chi connectivity index (χ2v) is 3.85. The Morgan fingerprint density at radius 3 is 3.06 bits per heavy atom. The lowest BCUT2D eigenvalue weighted by molar-refractivity contribution is 0.408. The normalized spacial score (nSPS) is 11.2. The Kier molecular flexibility index (Phi) is 2.44. The SMILES string of the molecule is Nc1nc2cc(F)ccc2n1CCc1ncon1. The van der Waals surface area contributed by atoms with Crippen LogP contribution < -0.4 is 5.73 Å². The van der Waals surface area contributed by atoms with Gasteiger partial charge in [-0.05, 0) is 12.1 Å². The summed E-state index contributed by atoms with van der Waals surface area (Å²) in [5.41, 5.74) is 7.14. The number of anilines is 1. The highest BCUT2D eigenvalue weighted by Gasteiger charge is 2.09. The first-order chi connectivity index (χ1) is 8.74. The van der Waals surface area contributed by atoms with Crippen LogP contribution in [-0.4, -0.2) is 19.7 Å². The quantitative estimate of drug-likeness (QED) is 0.756. The highest BCUT2D eigenvalue weighted by molar-refractivity contribution is 5.78. The minimum atomic E-state index is -0.328. The molecule has 2 N–H and O–H groups in total. The molecular formula is C11H10FN5O. The summed E-state index contributed by atoms with van der Waals surface area (Å²) >= 11 is 0. The van der Waals surface area contributed by atoms with Crippen LogP contribution in [0.25, 0.3) is 11.0 Å². The van der Waals surface area contributed by atoms with Crippen LogP contribution >= 0.6 is 0 Å². The molecule has 2 heterocycles. The van der Waals surface area contributed by atoms with Gasteiger partial charge in [-0.1, -0.05) is 5.16 Å². The van der Waals surface area contributed by atoms with Crippen LogP contribution in [0.5, 0.6) is 0 Å². The molecule has 0 aliphatic carbocycles. The average molecular weight is 247 g/mol. The van der Waals surface area contributed by atoms with E-state index >= 15 is 0 Å². The molecule has 7 heteroatoms. The first kappa shape index (κ1) is 10.7. The molecule has 0 aliphatic rings. The fraction of sp³-hybridized carbons (Fsp3) is 0.182. The fourth-order valence-electron chi connectivity index (χ4n) is 1.87. The van der Waals surface area contributed by atoms with Gasteiger partial charge in [-0.2, -0.15) is 4.98 Å². The van der Waals surface area contributed by atoms with Crippen LogP contribution in [0.4, 0.5) is 10.3 Å². The second-order valence-electron chi connectivity index (χ2n) is 3.85. The van der Waals surface area contributed by atoms with Crippen LogP contribution in [0, 0.1) is 5.82 Å². The van der Waals surface area contributed by atoms with E-state index in [0.717, 1.165) is 5.52 Å². The van der Waals surface area contributed by atoms with Crippen molar-refractivity contribution in [2.45, 2.75) is 13.0 Å². The number of aryl methyl sites for hydroxylation is 2. The minimum absolute atomic E-state index is 0.328. The monoisotopic (exact) mass is 247 g/mol. The van der Waals surface area contributed by atoms with Crippen molar-refractivity contribution in [3.05, 3.63) is 36.2 Å². The predicted octanol–water partition coefficient (Wildman–Crippen LogP) is 1.38. The third-order valence-electron chi connectivity index (χ3n) is 2.71. The Morgan fingerprint density at radius 2 is 2.28 bits per heavy atom. The zero-order chi connectivity index (χ0) is 12.5. The third kappa shape index (κ3) is 1.79. The van der Waals surface area contributed by atoms with Crippen LogP contribution in [0.15, 0.2) is 29.1 Å². The maximum absolute atomic E-state index is 13.1. The summed E-state index contributed by atoms with van der Waals surface area (Å²) in [6.45, 7) is 0.563. The van der Waals surface area contributed by atoms with Gasteiger partial charge >= 0.3 is 0 Å². The van der Waals surface area contributed by atoms with E-state index in [-0.39, 0.29) is 5.82 Å². The number of rotatable bonds is 3. The Bertz CT molecular complexity index is 676. The standard InChI is InChI=1S/C11H10FN5O/c12-7-1-2-9-8(5-7)15-11(13)17(9)4-3-10-14-6-18-16-10/h1-2,5-6H,3-4H2,(H2,13,15). The molecule has 3 rings (SSSR count). The number of hydrogen-bond donors (Lipinski definition) is 1. The molecule has 3 aromatic rings. The number of nitrogens with zero attached hydrogens (tertiary/aromatic N) is 4. The van der Waals surface area contributed by atoms with E-state index in [1.165, 1.54) is 18.5 Å². The van der Waals surface area contributed by atoms with Crippen molar-refractivity contribution in [2.24, 2.45) is 0 Å². The number of fused-ring (bicyclic) bond motifs is 1. The van der Waals surface area contributed by atoms with Crippen LogP contribution in [0.3, 0.4) is 0 Å². The summed E-state index contributed by atoms with van der Waals surface area (Å²) in [5, 5.41) is 3.72. The molecular weight excluding hydrogens is 237 g/mol. The molecule has 0 saturated carbocycles. The Morgan fingerprint density at radius 1 is 1.39 bits per heavy atom. The number of nitrogen functional groups attached to an aromatic ring is 1. The van der Waals surface area contributed by atoms with Gasteiger partial charge in [-0.15, -0.1) is 0 Å². The minimum Gasteiger partial charge on any atom is -0.369 e. The molecule has 0 aliphatic heterocycles. The lowest BCUT2D eigenvalue weighted by Crippen LogP contribution is -2.06. The van der Waals surface area contributed by atoms with Crippen molar-refractivity contribution in [1.29, 1.82) is 0 Å². The fourth-order valence-corrected chi connectivity index (χ4v) is 1.87. The van der Waals surface area contributed by atoms with Gasteiger partial charge in [0.15, 0.2) is 5.82 Å². The van der Waals surface area contributed by atoms with Crippen molar-refractivity contribution in [2.75, 3.05) is 5.73 Å². The molecule has 0 fully saturated rings. The molecule has 92 valence electrons. The first-order valence-electron chi connectivity index (χ1n) is 5.40. The number of nitrogens with two attached hydrogens (primary N) is 1. The van der Waals surface area contributed by atoms with Crippen LogP contribution in [0.1, 0.15) is 5.82 Å². The third-order valence-corrected chi connectivity index (χ3v) is 2.71. The van der Waals surface area contributed by atoms with Crippen LogP contribution in [0.2, 0.25) is 0 Å². The average Bonchev–Trinajstić information content (AvgIpc) is 2.93. The van der Waals surface area contributed by atoms with Crippen molar-refractivity contribution >= 4 is 17.0 Å². The predicted molar refractivity (Wildman–Crippen MR) is 62.1 cm³/mol. The van der Waals surface area contributed by atoms with E-state index in [4.69, 9.17) is 5.73 Å². The molecule has 1 aromatic carbocycles. The molecule has 0 unspecified atom stereocenters. The summed E-state index contributed by atoms with van der Waals surface area (Å²) < 4.78 is 19.5. The Balaban J connectivity index is 1.93. The first-order valence-corrected chi connectivity index (χ1v) is 5.40. The topological polar surface area (TPSA) is 82.8 Å². The molecule has 0 saturated heterocycles. The highest BCUT2D eigenvalue weighted by Crippen LogP contribution is 2.19. The van der Waals surface area contributed by atoms with Crippen molar-refractivity contribution in [3.63, 3.8) is 0 Å². The van der Waals surface area contributed by atoms with E-state index in [1.54, 1.807) is 10.6 Å². The van der Waals surface area contributed by atoms with Crippen molar-refractivity contribution in [3.8, 4) is 0 Å². The molecule has 0 amide bonds. The van der Waals surface area contributed by atoms with Gasteiger partial charge in [0.25, 0.3) is 0 Å². The largest absolute Gasteiger partial charge is 0.369 e. The smallest absolute Gasteiger partial charge is 0.213 e. The Hall–Kier alpha value is -2.44. The molecule has 0 radical (unpaired) electrons. The van der Waals surface area contributed by atoms with Gasteiger partial charge in [-0.3, -0.25) is 0 Å². The summed E-state index contributed by atoms with van der Waals surface area (Å²) in [6, 6.07) is 4.40. The van der Waals surface area contributed by atoms with Crippen molar-refractivity contribution in [1.82, 2.24) is 19.7 Å². The molecule has 18 heavy (non-hydrogen) atoms. The lowest BCUT2D eigenvalue weighted by atomic mass is 10.3. The number of halogens is 1. The molecule has 6 nitrogen and oxygen atoms in total. The van der Waals surface area contributed by atoms with Gasteiger partial charge < -0.3 is 14.8 Å². The summed E-state index contributed by atoms with van der Waals surface area (Å²) in [4.78, 5) is 8.04.